The van der Waals surface area contributed by atoms with E-state index >= 15 is 0 Å². The van der Waals surface area contributed by atoms with E-state index in [4.69, 9.17) is 21.3 Å². The summed E-state index contributed by atoms with van der Waals surface area (Å²) in [5, 5.41) is 24.6. The lowest BCUT2D eigenvalue weighted by molar-refractivity contribution is 0.0601. The van der Waals surface area contributed by atoms with Crippen LogP contribution >= 0.6 is 0 Å². The van der Waals surface area contributed by atoms with Crippen molar-refractivity contribution in [2.24, 2.45) is 20.5 Å². The van der Waals surface area contributed by atoms with E-state index in [1.165, 1.54) is 43.5 Å². The average molecular weight is 563 g/mol. The molecule has 0 aliphatic heterocycles. The van der Waals surface area contributed by atoms with Gasteiger partial charge in [0.2, 0.25) is 0 Å². The largest absolute Gasteiger partial charge is 0.465 e. The number of aliphatic hydroxyl groups is 1. The van der Waals surface area contributed by atoms with E-state index in [9.17, 15) is 26.2 Å². The van der Waals surface area contributed by atoms with Crippen molar-refractivity contribution >= 4 is 60.0 Å². The molecule has 0 radical (unpaired) electrons. The molecule has 6 N–H and O–H groups in total. The molecule has 16 heteroatoms. The number of nitrogens with two attached hydrogens (primary N) is 2. The molecule has 38 heavy (non-hydrogen) atoms. The fraction of sp³-hybridized carbons (Fsp3) is 0.136. The van der Waals surface area contributed by atoms with E-state index in [0.29, 0.717) is 0 Å². The number of carbonyl (C=O) groups excluding carboxylic acids is 1. The minimum Gasteiger partial charge on any atom is -0.465 e. The Balaban J connectivity index is 2.07. The predicted octanol–water partition coefficient (Wildman–Crippen LogP) is 3.48. The number of hydrogen-bond acceptors (Lipinski definition) is 13. The van der Waals surface area contributed by atoms with Crippen molar-refractivity contribution in [2.75, 3.05) is 30.9 Å². The van der Waals surface area contributed by atoms with Gasteiger partial charge in [-0.3, -0.25) is 4.55 Å². The van der Waals surface area contributed by atoms with Crippen LogP contribution in [0.25, 0.3) is 0 Å². The Labute approximate surface area is 217 Å². The number of benzene rings is 3. The molecule has 0 saturated carbocycles. The molecule has 0 aromatic heterocycles. The van der Waals surface area contributed by atoms with Crippen LogP contribution in [0.3, 0.4) is 0 Å². The zero-order valence-corrected chi connectivity index (χ0v) is 21.3. The highest BCUT2D eigenvalue weighted by Gasteiger charge is 2.23. The van der Waals surface area contributed by atoms with Gasteiger partial charge in [0.05, 0.1) is 47.0 Å². The summed E-state index contributed by atoms with van der Waals surface area (Å²) in [6.45, 7) is -0.537. The Morgan fingerprint density at radius 3 is 2.13 bits per heavy atom. The molecule has 0 bridgehead atoms. The number of nitrogens with zero attached hydrogens (tertiary/aromatic N) is 4. The van der Waals surface area contributed by atoms with E-state index < -0.39 is 48.9 Å². The molecular formula is C22H22N6O8S2. The average Bonchev–Trinajstić information content (AvgIpc) is 2.87. The molecular weight excluding hydrogens is 540 g/mol. The van der Waals surface area contributed by atoms with Crippen molar-refractivity contribution < 1.29 is 36.0 Å². The normalized spacial score (nSPS) is 12.3. The van der Waals surface area contributed by atoms with E-state index in [1.54, 1.807) is 12.1 Å². The summed E-state index contributed by atoms with van der Waals surface area (Å²) in [5.74, 6) is -1.15. The first-order valence-electron chi connectivity index (χ1n) is 10.5. The quantitative estimate of drug-likeness (QED) is 0.128. The van der Waals surface area contributed by atoms with Gasteiger partial charge in [-0.2, -0.15) is 13.5 Å². The summed E-state index contributed by atoms with van der Waals surface area (Å²) in [4.78, 5) is 11.2. The number of azo groups is 2. The van der Waals surface area contributed by atoms with Crippen LogP contribution in [0.5, 0.6) is 0 Å². The van der Waals surface area contributed by atoms with Gasteiger partial charge in [0.15, 0.2) is 9.84 Å². The molecule has 3 aromatic rings. The van der Waals surface area contributed by atoms with Crippen molar-refractivity contribution in [3.8, 4) is 0 Å². The fourth-order valence-electron chi connectivity index (χ4n) is 3.08. The molecule has 200 valence electrons. The highest BCUT2D eigenvalue weighted by molar-refractivity contribution is 7.91. The van der Waals surface area contributed by atoms with Gasteiger partial charge in [0.25, 0.3) is 10.1 Å². The molecule has 0 aliphatic rings. The minimum atomic E-state index is -4.86. The third kappa shape index (κ3) is 6.35. The highest BCUT2D eigenvalue weighted by atomic mass is 32.2. The first kappa shape index (κ1) is 28.3. The number of anilines is 2. The van der Waals surface area contributed by atoms with Gasteiger partial charge in [0, 0.05) is 0 Å². The third-order valence-electron chi connectivity index (χ3n) is 4.99. The number of aliphatic hydroxyl groups excluding tert-OH is 1. The molecule has 3 aromatic carbocycles. The summed E-state index contributed by atoms with van der Waals surface area (Å²) in [6, 6.07) is 12.1. The molecule has 0 fully saturated rings. The Kier molecular flexibility index (Phi) is 8.52. The molecule has 3 rings (SSSR count). The van der Waals surface area contributed by atoms with Crippen molar-refractivity contribution in [1.29, 1.82) is 0 Å². The van der Waals surface area contributed by atoms with Gasteiger partial charge in [-0.25, -0.2) is 13.2 Å². The Hall–Kier alpha value is -4.25. The fourth-order valence-corrected chi connectivity index (χ4v) is 4.75. The molecule has 0 spiro atoms. The number of esters is 1. The van der Waals surface area contributed by atoms with Crippen LogP contribution in [-0.4, -0.2) is 51.9 Å². The van der Waals surface area contributed by atoms with Crippen molar-refractivity contribution in [3.05, 3.63) is 60.2 Å². The lowest BCUT2D eigenvalue weighted by Crippen LogP contribution is -2.09. The van der Waals surface area contributed by atoms with Gasteiger partial charge in [-0.15, -0.1) is 15.3 Å². The maximum atomic E-state index is 12.0. The maximum absolute atomic E-state index is 12.0. The summed E-state index contributed by atoms with van der Waals surface area (Å²) < 4.78 is 62.3. The van der Waals surface area contributed by atoms with E-state index in [0.717, 1.165) is 6.07 Å². The van der Waals surface area contributed by atoms with Crippen molar-refractivity contribution in [3.63, 3.8) is 0 Å². The lowest BCUT2D eigenvalue weighted by Gasteiger charge is -2.10. The molecule has 0 amide bonds. The SMILES string of the molecule is COC(=O)c1ccccc1/N=N/c1c(N)c(/N=N/c2ccc(S(=O)(=O)CCO)cc2)cc(S(=O)(=O)O)c1N. The smallest absolute Gasteiger partial charge is 0.340 e. The third-order valence-corrected chi connectivity index (χ3v) is 7.60. The molecule has 0 aliphatic carbocycles. The summed E-state index contributed by atoms with van der Waals surface area (Å²) in [6.07, 6.45) is 0. The van der Waals surface area contributed by atoms with Gasteiger partial charge in [-0.1, -0.05) is 12.1 Å². The highest BCUT2D eigenvalue weighted by Crippen LogP contribution is 2.43. The van der Waals surface area contributed by atoms with Crippen LogP contribution in [0.1, 0.15) is 10.4 Å². The van der Waals surface area contributed by atoms with Gasteiger partial charge < -0.3 is 21.3 Å². The summed E-state index contributed by atoms with van der Waals surface area (Å²) >= 11 is 0. The number of sulfone groups is 1. The Morgan fingerprint density at radius 2 is 1.53 bits per heavy atom. The first-order valence-corrected chi connectivity index (χ1v) is 13.6. The Morgan fingerprint density at radius 1 is 0.895 bits per heavy atom. The van der Waals surface area contributed by atoms with E-state index in [1.807, 2.05) is 0 Å². The van der Waals surface area contributed by atoms with Crippen molar-refractivity contribution in [1.82, 2.24) is 0 Å². The van der Waals surface area contributed by atoms with Crippen LogP contribution in [0.15, 0.2) is 84.8 Å². The number of nitrogen functional groups attached to an aromatic ring is 2. The van der Waals surface area contributed by atoms with E-state index in [-0.39, 0.29) is 38.9 Å². The monoisotopic (exact) mass is 562 g/mol. The minimum absolute atomic E-state index is 0.0407. The van der Waals surface area contributed by atoms with Crippen LogP contribution < -0.4 is 11.5 Å². The lowest BCUT2D eigenvalue weighted by atomic mass is 10.2. The van der Waals surface area contributed by atoms with Crippen LogP contribution in [0.2, 0.25) is 0 Å². The molecule has 0 atom stereocenters. The predicted molar refractivity (Wildman–Crippen MR) is 137 cm³/mol. The first-order chi connectivity index (χ1) is 17.9. The molecule has 0 heterocycles. The van der Waals surface area contributed by atoms with Crippen LogP contribution in [0, 0.1) is 0 Å². The standard InChI is InChI=1S/C22H22N6O8S2/c1-36-22(30)15-4-2-3-5-16(15)26-28-21-19(23)17(12-18(20(21)24)38(33,34)35)27-25-13-6-8-14(9-7-13)37(31,32)11-10-29/h2-9,12,29H,10-11,23-24H2,1H3,(H,33,34,35)/b27-25+,28-26+. The number of ether oxygens (including phenoxy) is 1. The number of carbonyl (C=O) groups is 1. The van der Waals surface area contributed by atoms with Crippen molar-refractivity contribution in [2.45, 2.75) is 9.79 Å². The molecule has 0 unspecified atom stereocenters. The zero-order chi connectivity index (χ0) is 28.1. The second-order valence-corrected chi connectivity index (χ2v) is 11.0. The summed E-state index contributed by atoms with van der Waals surface area (Å²) in [7, 11) is -7.35. The number of methoxy groups -OCH3 is 1. The topological polar surface area (TPSA) is 237 Å². The molecule has 14 nitrogen and oxygen atoms in total. The second kappa shape index (κ2) is 11.4. The van der Waals surface area contributed by atoms with Crippen LogP contribution in [0.4, 0.5) is 34.1 Å². The number of rotatable bonds is 9. The molecule has 0 saturated heterocycles. The maximum Gasteiger partial charge on any atom is 0.340 e. The van der Waals surface area contributed by atoms with Gasteiger partial charge >= 0.3 is 5.97 Å². The Bertz CT molecular complexity index is 1640. The summed E-state index contributed by atoms with van der Waals surface area (Å²) in [5.41, 5.74) is 10.9. The van der Waals surface area contributed by atoms with Gasteiger partial charge in [-0.05, 0) is 42.5 Å². The van der Waals surface area contributed by atoms with Crippen LogP contribution in [-0.2, 0) is 24.7 Å². The van der Waals surface area contributed by atoms with Gasteiger partial charge in [0.1, 0.15) is 22.0 Å². The second-order valence-electron chi connectivity index (χ2n) is 7.49. The number of hydrogen-bond donors (Lipinski definition) is 4. The van der Waals surface area contributed by atoms with E-state index in [2.05, 4.69) is 20.5 Å². The zero-order valence-electron chi connectivity index (χ0n) is 19.7.